The van der Waals surface area contributed by atoms with Crippen LogP contribution in [0, 0.1) is 0 Å². The molecule has 0 fully saturated rings. The van der Waals surface area contributed by atoms with Crippen LogP contribution in [0.2, 0.25) is 0 Å². The summed E-state index contributed by atoms with van der Waals surface area (Å²) in [4.78, 5) is 34.9. The number of nitrogens with one attached hydrogen (secondary N) is 3. The highest BCUT2D eigenvalue weighted by molar-refractivity contribution is 5.97. The second-order valence-corrected chi connectivity index (χ2v) is 5.47. The molecule has 1 unspecified atom stereocenters. The Morgan fingerprint density at radius 2 is 1.64 bits per heavy atom. The van der Waals surface area contributed by atoms with Crippen molar-refractivity contribution >= 4 is 23.5 Å². The molecule has 4 amide bonds. The Kier molecular flexibility index (Phi) is 6.11. The number of anilines is 1. The topological polar surface area (TPSA) is 113 Å². The molecule has 2 aromatic rings. The Morgan fingerprint density at radius 3 is 2.24 bits per heavy atom. The summed E-state index contributed by atoms with van der Waals surface area (Å²) < 4.78 is 0. The van der Waals surface area contributed by atoms with Crippen molar-refractivity contribution in [2.45, 2.75) is 19.5 Å². The molecule has 0 aliphatic carbocycles. The minimum atomic E-state index is -0.663. The van der Waals surface area contributed by atoms with Gasteiger partial charge < -0.3 is 21.7 Å². The van der Waals surface area contributed by atoms with E-state index < -0.39 is 12.1 Å². The van der Waals surface area contributed by atoms with Gasteiger partial charge in [0.2, 0.25) is 5.91 Å². The van der Waals surface area contributed by atoms with E-state index in [1.807, 2.05) is 6.07 Å². The monoisotopic (exact) mass is 340 g/mol. The molecule has 0 bridgehead atoms. The fourth-order valence-electron chi connectivity index (χ4n) is 2.13. The smallest absolute Gasteiger partial charge is 0.316 e. The molecular weight excluding hydrogens is 320 g/mol. The summed E-state index contributed by atoms with van der Waals surface area (Å²) in [5.41, 5.74) is 6.96. The Balaban J connectivity index is 1.83. The van der Waals surface area contributed by atoms with E-state index in [2.05, 4.69) is 16.0 Å². The minimum absolute atomic E-state index is 0.288. The average Bonchev–Trinajstić information content (AvgIpc) is 2.61. The van der Waals surface area contributed by atoms with Crippen LogP contribution >= 0.6 is 0 Å². The van der Waals surface area contributed by atoms with Crippen LogP contribution in [0.3, 0.4) is 0 Å². The van der Waals surface area contributed by atoms with Crippen LogP contribution in [0.1, 0.15) is 22.8 Å². The first kappa shape index (κ1) is 18.0. The summed E-state index contributed by atoms with van der Waals surface area (Å²) in [6, 6.07) is 14.3. The number of primary amides is 1. The molecule has 7 nitrogen and oxygen atoms in total. The molecule has 130 valence electrons. The van der Waals surface area contributed by atoms with E-state index in [9.17, 15) is 14.4 Å². The van der Waals surface area contributed by atoms with Gasteiger partial charge in [-0.2, -0.15) is 0 Å². The molecule has 25 heavy (non-hydrogen) atoms. The maximum Gasteiger partial charge on any atom is 0.316 e. The fraction of sp³-hybridized carbons (Fsp3) is 0.167. The third-order valence-corrected chi connectivity index (χ3v) is 3.47. The van der Waals surface area contributed by atoms with Gasteiger partial charge in [0.25, 0.3) is 5.91 Å². The minimum Gasteiger partial charge on any atom is -0.351 e. The first-order valence-electron chi connectivity index (χ1n) is 7.74. The van der Waals surface area contributed by atoms with E-state index in [0.717, 1.165) is 5.56 Å². The van der Waals surface area contributed by atoms with Crippen LogP contribution in [0.5, 0.6) is 0 Å². The van der Waals surface area contributed by atoms with E-state index in [1.165, 1.54) is 0 Å². The van der Waals surface area contributed by atoms with Crippen molar-refractivity contribution in [1.29, 1.82) is 0 Å². The predicted octanol–water partition coefficient (Wildman–Crippen LogP) is 1.61. The second kappa shape index (κ2) is 8.49. The highest BCUT2D eigenvalue weighted by Crippen LogP contribution is 2.09. The standard InChI is InChI=1S/C18H20N4O3/c1-12(21-17(24)14-5-3-2-4-6-14)16(23)20-11-13-7-9-15(10-8-13)22-18(19)25/h2-10,12H,11H2,1H3,(H,20,23)(H,21,24)(H3,19,22,25). The molecule has 2 aromatic carbocycles. The van der Waals surface area contributed by atoms with Gasteiger partial charge in [0.05, 0.1) is 0 Å². The highest BCUT2D eigenvalue weighted by atomic mass is 16.2. The molecule has 5 N–H and O–H groups in total. The van der Waals surface area contributed by atoms with Gasteiger partial charge in [-0.25, -0.2) is 4.79 Å². The fourth-order valence-corrected chi connectivity index (χ4v) is 2.13. The number of nitrogens with two attached hydrogens (primary N) is 1. The zero-order chi connectivity index (χ0) is 18.2. The van der Waals surface area contributed by atoms with Crippen LogP contribution in [0.15, 0.2) is 54.6 Å². The first-order chi connectivity index (χ1) is 12.0. The zero-order valence-electron chi connectivity index (χ0n) is 13.8. The molecule has 0 aliphatic rings. The molecule has 0 saturated heterocycles. The largest absolute Gasteiger partial charge is 0.351 e. The Bertz CT molecular complexity index is 745. The summed E-state index contributed by atoms with van der Waals surface area (Å²) in [7, 11) is 0. The molecule has 0 spiro atoms. The summed E-state index contributed by atoms with van der Waals surface area (Å²) in [5.74, 6) is -0.589. The van der Waals surface area contributed by atoms with Crippen molar-refractivity contribution in [2.24, 2.45) is 5.73 Å². The maximum atomic E-state index is 12.1. The van der Waals surface area contributed by atoms with E-state index >= 15 is 0 Å². The van der Waals surface area contributed by atoms with Crippen LogP contribution in [0.25, 0.3) is 0 Å². The molecule has 0 radical (unpaired) electrons. The van der Waals surface area contributed by atoms with Crippen LogP contribution < -0.4 is 21.7 Å². The SMILES string of the molecule is CC(NC(=O)c1ccccc1)C(=O)NCc1ccc(NC(N)=O)cc1. The van der Waals surface area contributed by atoms with Crippen LogP contribution in [-0.2, 0) is 11.3 Å². The average molecular weight is 340 g/mol. The lowest BCUT2D eigenvalue weighted by Crippen LogP contribution is -2.44. The summed E-state index contributed by atoms with van der Waals surface area (Å²) in [6.45, 7) is 1.93. The molecule has 7 heteroatoms. The third kappa shape index (κ3) is 5.65. The summed E-state index contributed by atoms with van der Waals surface area (Å²) >= 11 is 0. The van der Waals surface area contributed by atoms with Gasteiger partial charge in [-0.3, -0.25) is 9.59 Å². The van der Waals surface area contributed by atoms with Crippen molar-refractivity contribution in [1.82, 2.24) is 10.6 Å². The number of urea groups is 1. The van der Waals surface area contributed by atoms with Crippen molar-refractivity contribution in [2.75, 3.05) is 5.32 Å². The molecule has 0 aliphatic heterocycles. The summed E-state index contributed by atoms with van der Waals surface area (Å²) in [5, 5.41) is 7.86. The lowest BCUT2D eigenvalue weighted by molar-refractivity contribution is -0.122. The van der Waals surface area contributed by atoms with Gasteiger partial charge >= 0.3 is 6.03 Å². The van der Waals surface area contributed by atoms with Gasteiger partial charge in [0.15, 0.2) is 0 Å². The van der Waals surface area contributed by atoms with E-state index in [0.29, 0.717) is 17.8 Å². The normalized spacial score (nSPS) is 11.2. The Hall–Kier alpha value is -3.35. The van der Waals surface area contributed by atoms with E-state index in [-0.39, 0.29) is 11.8 Å². The zero-order valence-corrected chi connectivity index (χ0v) is 13.8. The van der Waals surface area contributed by atoms with Crippen molar-refractivity contribution in [3.63, 3.8) is 0 Å². The summed E-state index contributed by atoms with van der Waals surface area (Å²) in [6.07, 6.45) is 0. The molecular formula is C18H20N4O3. The molecule has 2 rings (SSSR count). The number of carbonyl (C=O) groups excluding carboxylic acids is 3. The Morgan fingerprint density at radius 1 is 1.00 bits per heavy atom. The quantitative estimate of drug-likeness (QED) is 0.640. The molecule has 0 aromatic heterocycles. The lowest BCUT2D eigenvalue weighted by atomic mass is 10.2. The van der Waals surface area contributed by atoms with E-state index in [1.54, 1.807) is 55.5 Å². The van der Waals surface area contributed by atoms with Gasteiger partial charge in [-0.15, -0.1) is 0 Å². The second-order valence-electron chi connectivity index (χ2n) is 5.47. The number of amides is 4. The highest BCUT2D eigenvalue weighted by Gasteiger charge is 2.16. The molecule has 1 atom stereocenters. The van der Waals surface area contributed by atoms with Crippen LogP contribution in [-0.4, -0.2) is 23.9 Å². The first-order valence-corrected chi connectivity index (χ1v) is 7.74. The van der Waals surface area contributed by atoms with Gasteiger partial charge in [0, 0.05) is 17.8 Å². The van der Waals surface area contributed by atoms with Crippen molar-refractivity contribution in [3.8, 4) is 0 Å². The van der Waals surface area contributed by atoms with Crippen LogP contribution in [0.4, 0.5) is 10.5 Å². The van der Waals surface area contributed by atoms with E-state index in [4.69, 9.17) is 5.73 Å². The number of carbonyl (C=O) groups is 3. The number of hydrogen-bond donors (Lipinski definition) is 4. The lowest BCUT2D eigenvalue weighted by Gasteiger charge is -2.14. The third-order valence-electron chi connectivity index (χ3n) is 3.47. The number of rotatable bonds is 6. The number of benzene rings is 2. The Labute approximate surface area is 145 Å². The van der Waals surface area contributed by atoms with Gasteiger partial charge in [0.1, 0.15) is 6.04 Å². The molecule has 0 saturated carbocycles. The number of hydrogen-bond acceptors (Lipinski definition) is 3. The molecule has 0 heterocycles. The predicted molar refractivity (Wildman–Crippen MR) is 94.9 cm³/mol. The maximum absolute atomic E-state index is 12.1. The van der Waals surface area contributed by atoms with Crippen molar-refractivity contribution in [3.05, 3.63) is 65.7 Å². The van der Waals surface area contributed by atoms with Crippen molar-refractivity contribution < 1.29 is 14.4 Å². The van der Waals surface area contributed by atoms with Gasteiger partial charge in [-0.1, -0.05) is 30.3 Å². The van der Waals surface area contributed by atoms with Gasteiger partial charge in [-0.05, 0) is 36.8 Å².